The first-order chi connectivity index (χ1) is 11.2. The molecule has 1 N–H and O–H groups in total. The Balaban J connectivity index is 1.50. The number of hydroxylamine groups is 2. The molecule has 7 heteroatoms. The zero-order chi connectivity index (χ0) is 17.5. The molecule has 1 fully saturated rings. The number of imide groups is 1. The summed E-state index contributed by atoms with van der Waals surface area (Å²) in [5.41, 5.74) is 0.152. The van der Waals surface area contributed by atoms with Gasteiger partial charge in [-0.25, -0.2) is 4.79 Å². The Bertz CT molecular complexity index is 653. The molecule has 0 aromatic heterocycles. The van der Waals surface area contributed by atoms with Gasteiger partial charge < -0.3 is 10.1 Å². The minimum atomic E-state index is -0.552. The van der Waals surface area contributed by atoms with Crippen molar-refractivity contribution in [3.8, 4) is 0 Å². The molecule has 3 rings (SSSR count). The van der Waals surface area contributed by atoms with Gasteiger partial charge in [0.05, 0.1) is 17.2 Å². The van der Waals surface area contributed by atoms with Gasteiger partial charge in [-0.15, -0.1) is 5.06 Å². The predicted octanol–water partition coefficient (Wildman–Crippen LogP) is 2.27. The molecule has 128 valence electrons. The van der Waals surface area contributed by atoms with Crippen LogP contribution < -0.4 is 5.32 Å². The van der Waals surface area contributed by atoms with Crippen LogP contribution in [0.4, 0.5) is 4.79 Å². The number of alkyl carbamates (subject to hydrolysis) is 1. The molecule has 1 aliphatic carbocycles. The highest BCUT2D eigenvalue weighted by Crippen LogP contribution is 2.29. The van der Waals surface area contributed by atoms with Crippen LogP contribution in [-0.2, 0) is 9.57 Å². The summed E-state index contributed by atoms with van der Waals surface area (Å²) in [4.78, 5) is 41.6. The van der Waals surface area contributed by atoms with Crippen molar-refractivity contribution < 1.29 is 24.0 Å². The quantitative estimate of drug-likeness (QED) is 0.858. The highest BCUT2D eigenvalue weighted by molar-refractivity contribution is 6.20. The van der Waals surface area contributed by atoms with Crippen molar-refractivity contribution in [3.63, 3.8) is 0 Å². The molecule has 0 bridgehead atoms. The van der Waals surface area contributed by atoms with Crippen LogP contribution in [0.5, 0.6) is 0 Å². The fourth-order valence-electron chi connectivity index (χ4n) is 2.66. The van der Waals surface area contributed by atoms with Gasteiger partial charge in [-0.3, -0.25) is 14.4 Å². The summed E-state index contributed by atoms with van der Waals surface area (Å²) < 4.78 is 5.18. The normalized spacial score (nSPS) is 22.9. The van der Waals surface area contributed by atoms with Crippen LogP contribution in [0.15, 0.2) is 24.3 Å². The maximum atomic E-state index is 12.2. The van der Waals surface area contributed by atoms with E-state index in [0.29, 0.717) is 24.0 Å². The van der Waals surface area contributed by atoms with Crippen LogP contribution in [0.3, 0.4) is 0 Å². The van der Waals surface area contributed by atoms with E-state index in [9.17, 15) is 14.4 Å². The Kier molecular flexibility index (Phi) is 4.04. The number of hydrogen-bond donors (Lipinski definition) is 1. The van der Waals surface area contributed by atoms with Gasteiger partial charge in [0, 0.05) is 6.04 Å². The maximum absolute atomic E-state index is 12.2. The third-order valence-corrected chi connectivity index (χ3v) is 3.83. The van der Waals surface area contributed by atoms with Gasteiger partial charge in [-0.05, 0) is 45.7 Å². The molecule has 0 saturated heterocycles. The number of rotatable bonds is 3. The van der Waals surface area contributed by atoms with E-state index in [2.05, 4.69) is 5.32 Å². The molecule has 1 aromatic rings. The van der Waals surface area contributed by atoms with E-state index >= 15 is 0 Å². The Morgan fingerprint density at radius 2 is 1.67 bits per heavy atom. The Hall–Kier alpha value is -2.41. The molecule has 24 heavy (non-hydrogen) atoms. The van der Waals surface area contributed by atoms with Gasteiger partial charge >= 0.3 is 6.09 Å². The summed E-state index contributed by atoms with van der Waals surface area (Å²) >= 11 is 0. The minimum absolute atomic E-state index is 0.0833. The number of benzene rings is 1. The lowest BCUT2D eigenvalue weighted by molar-refractivity contribution is -0.161. The second-order valence-corrected chi connectivity index (χ2v) is 6.99. The predicted molar refractivity (Wildman–Crippen MR) is 84.2 cm³/mol. The standard InChI is InChI=1S/C17H20N2O5/c1-17(2,3)23-16(22)18-10-8-11(9-10)24-19-14(20)12-6-4-5-7-13(12)15(19)21/h4-7,10-11H,8-9H2,1-3H3,(H,18,22)/t10-,11-. The largest absolute Gasteiger partial charge is 0.444 e. The fraction of sp³-hybridized carbons (Fsp3) is 0.471. The summed E-state index contributed by atoms with van der Waals surface area (Å²) in [7, 11) is 0. The Morgan fingerprint density at radius 3 is 2.17 bits per heavy atom. The molecule has 2 aliphatic rings. The highest BCUT2D eigenvalue weighted by atomic mass is 16.7. The molecule has 1 aliphatic heterocycles. The average Bonchev–Trinajstić information content (AvgIpc) is 2.68. The average molecular weight is 332 g/mol. The van der Waals surface area contributed by atoms with Gasteiger partial charge in [0.2, 0.25) is 0 Å². The van der Waals surface area contributed by atoms with Crippen molar-refractivity contribution in [1.29, 1.82) is 0 Å². The third-order valence-electron chi connectivity index (χ3n) is 3.83. The summed E-state index contributed by atoms with van der Waals surface area (Å²) in [6.45, 7) is 5.38. The molecule has 1 heterocycles. The number of carbonyl (C=O) groups is 3. The van der Waals surface area contributed by atoms with Crippen molar-refractivity contribution in [2.75, 3.05) is 0 Å². The van der Waals surface area contributed by atoms with Crippen LogP contribution in [0.25, 0.3) is 0 Å². The van der Waals surface area contributed by atoms with E-state index in [1.165, 1.54) is 0 Å². The van der Waals surface area contributed by atoms with E-state index < -0.39 is 23.5 Å². The molecule has 7 nitrogen and oxygen atoms in total. The second kappa shape index (κ2) is 5.90. The number of nitrogens with zero attached hydrogens (tertiary/aromatic N) is 1. The molecule has 0 atom stereocenters. The topological polar surface area (TPSA) is 84.9 Å². The van der Waals surface area contributed by atoms with Crippen molar-refractivity contribution >= 4 is 17.9 Å². The number of hydrogen-bond acceptors (Lipinski definition) is 5. The first-order valence-electron chi connectivity index (χ1n) is 7.89. The van der Waals surface area contributed by atoms with Gasteiger partial charge in [0.25, 0.3) is 11.8 Å². The van der Waals surface area contributed by atoms with Gasteiger partial charge in [-0.1, -0.05) is 12.1 Å². The molecule has 0 unspecified atom stereocenters. The number of fused-ring (bicyclic) bond motifs is 1. The van der Waals surface area contributed by atoms with Crippen molar-refractivity contribution in [1.82, 2.24) is 10.4 Å². The van der Waals surface area contributed by atoms with Gasteiger partial charge in [0.1, 0.15) is 5.60 Å². The van der Waals surface area contributed by atoms with Crippen LogP contribution in [0.2, 0.25) is 0 Å². The number of amides is 3. The molecule has 1 saturated carbocycles. The SMILES string of the molecule is CC(C)(C)OC(=O)N[C@H]1C[C@H](ON2C(=O)c3ccccc3C2=O)C1. The molecule has 0 radical (unpaired) electrons. The monoisotopic (exact) mass is 332 g/mol. The molecule has 0 spiro atoms. The summed E-state index contributed by atoms with van der Waals surface area (Å²) in [5.74, 6) is -0.890. The van der Waals surface area contributed by atoms with Crippen molar-refractivity contribution in [2.24, 2.45) is 0 Å². The molecule has 3 amide bonds. The third kappa shape index (κ3) is 3.26. The van der Waals surface area contributed by atoms with Crippen LogP contribution >= 0.6 is 0 Å². The lowest BCUT2D eigenvalue weighted by Crippen LogP contribution is -2.51. The minimum Gasteiger partial charge on any atom is -0.444 e. The maximum Gasteiger partial charge on any atom is 0.407 e. The zero-order valence-corrected chi connectivity index (χ0v) is 13.9. The Labute approximate surface area is 139 Å². The van der Waals surface area contributed by atoms with Gasteiger partial charge in [0.15, 0.2) is 0 Å². The van der Waals surface area contributed by atoms with Crippen molar-refractivity contribution in [3.05, 3.63) is 35.4 Å². The van der Waals surface area contributed by atoms with E-state index in [1.54, 1.807) is 45.0 Å². The second-order valence-electron chi connectivity index (χ2n) is 6.99. The number of nitrogens with one attached hydrogen (secondary N) is 1. The van der Waals surface area contributed by atoms with E-state index in [4.69, 9.17) is 9.57 Å². The molecular weight excluding hydrogens is 312 g/mol. The molecular formula is C17H20N2O5. The lowest BCUT2D eigenvalue weighted by Gasteiger charge is -2.36. The Morgan fingerprint density at radius 1 is 1.12 bits per heavy atom. The van der Waals surface area contributed by atoms with E-state index in [0.717, 1.165) is 5.06 Å². The highest BCUT2D eigenvalue weighted by Gasteiger charge is 2.41. The lowest BCUT2D eigenvalue weighted by atomic mass is 9.89. The first kappa shape index (κ1) is 16.4. The smallest absolute Gasteiger partial charge is 0.407 e. The summed E-state index contributed by atoms with van der Waals surface area (Å²) in [5, 5.41) is 3.56. The van der Waals surface area contributed by atoms with E-state index in [-0.39, 0.29) is 12.1 Å². The van der Waals surface area contributed by atoms with Crippen LogP contribution in [0.1, 0.15) is 54.3 Å². The number of ether oxygens (including phenoxy) is 1. The zero-order valence-electron chi connectivity index (χ0n) is 13.9. The molecule has 1 aromatic carbocycles. The van der Waals surface area contributed by atoms with Crippen LogP contribution in [-0.4, -0.2) is 40.7 Å². The first-order valence-corrected chi connectivity index (χ1v) is 7.89. The fourth-order valence-corrected chi connectivity index (χ4v) is 2.66. The van der Waals surface area contributed by atoms with E-state index in [1.807, 2.05) is 0 Å². The van der Waals surface area contributed by atoms with Crippen LogP contribution in [0, 0.1) is 0 Å². The van der Waals surface area contributed by atoms with Crippen molar-refractivity contribution in [2.45, 2.75) is 51.4 Å². The number of carbonyl (C=O) groups excluding carboxylic acids is 3. The van der Waals surface area contributed by atoms with Gasteiger partial charge in [-0.2, -0.15) is 0 Å². The summed E-state index contributed by atoms with van der Waals surface area (Å²) in [6, 6.07) is 6.54. The summed E-state index contributed by atoms with van der Waals surface area (Å²) in [6.07, 6.45) is 0.276.